The molecule has 1 aliphatic carbocycles. The first kappa shape index (κ1) is 17.6. The summed E-state index contributed by atoms with van der Waals surface area (Å²) < 4.78 is 53.9. The second-order valence-corrected chi connectivity index (χ2v) is 6.74. The molecule has 2 nitrogen and oxygen atoms in total. The summed E-state index contributed by atoms with van der Waals surface area (Å²) in [4.78, 5) is 17.2. The zero-order valence-electron chi connectivity index (χ0n) is 13.8. The Morgan fingerprint density at radius 1 is 1.20 bits per heavy atom. The van der Waals surface area contributed by atoms with Crippen LogP contribution < -0.4 is 0 Å². The number of Topliss-reactive ketones (excluding diaryl/α,β-unsaturated/α-hetero) is 1. The van der Waals surface area contributed by atoms with Crippen LogP contribution >= 0.6 is 0 Å². The van der Waals surface area contributed by atoms with Gasteiger partial charge >= 0.3 is 6.18 Å². The van der Waals surface area contributed by atoms with Crippen LogP contribution in [0.15, 0.2) is 36.5 Å². The lowest BCUT2D eigenvalue weighted by Gasteiger charge is -2.20. The minimum atomic E-state index is -4.73. The molecule has 0 bridgehead atoms. The van der Waals surface area contributed by atoms with Crippen molar-refractivity contribution in [3.63, 3.8) is 0 Å². The highest BCUT2D eigenvalue weighted by Gasteiger charge is 2.44. The quantitative estimate of drug-likeness (QED) is 0.554. The first-order chi connectivity index (χ1) is 11.6. The number of hydrogen-bond acceptors (Lipinski definition) is 2. The molecule has 3 rings (SSSR count). The average Bonchev–Trinajstić information content (AvgIpc) is 3.31. The third-order valence-corrected chi connectivity index (χ3v) is 4.83. The highest BCUT2D eigenvalue weighted by Crippen LogP contribution is 2.48. The van der Waals surface area contributed by atoms with Crippen molar-refractivity contribution in [1.29, 1.82) is 0 Å². The maximum absolute atomic E-state index is 14.2. The zero-order valence-corrected chi connectivity index (χ0v) is 13.8. The van der Waals surface area contributed by atoms with Gasteiger partial charge in [-0.05, 0) is 37.1 Å². The molecule has 132 valence electrons. The van der Waals surface area contributed by atoms with Gasteiger partial charge < -0.3 is 0 Å². The molecule has 25 heavy (non-hydrogen) atoms. The molecular formula is C19H17F4NO. The van der Waals surface area contributed by atoms with Gasteiger partial charge in [-0.3, -0.25) is 9.78 Å². The third kappa shape index (κ3) is 3.17. The van der Waals surface area contributed by atoms with Crippen molar-refractivity contribution < 1.29 is 22.4 Å². The van der Waals surface area contributed by atoms with Crippen LogP contribution in [0.1, 0.15) is 59.8 Å². The Morgan fingerprint density at radius 2 is 1.88 bits per heavy atom. The smallest absolute Gasteiger partial charge is 0.293 e. The fraction of sp³-hybridized carbons (Fsp3) is 0.368. The van der Waals surface area contributed by atoms with E-state index in [2.05, 4.69) is 4.98 Å². The third-order valence-electron chi connectivity index (χ3n) is 4.83. The lowest BCUT2D eigenvalue weighted by atomic mass is 9.86. The Balaban J connectivity index is 2.06. The lowest BCUT2D eigenvalue weighted by Crippen LogP contribution is -2.21. The van der Waals surface area contributed by atoms with Crippen molar-refractivity contribution in [1.82, 2.24) is 4.98 Å². The average molecular weight is 351 g/mol. The van der Waals surface area contributed by atoms with Gasteiger partial charge in [0.05, 0.1) is 11.3 Å². The zero-order chi connectivity index (χ0) is 18.4. The van der Waals surface area contributed by atoms with Gasteiger partial charge in [0.25, 0.3) is 0 Å². The van der Waals surface area contributed by atoms with E-state index in [1.54, 1.807) is 18.3 Å². The van der Waals surface area contributed by atoms with Crippen molar-refractivity contribution in [2.45, 2.75) is 44.2 Å². The van der Waals surface area contributed by atoms with E-state index in [0.717, 1.165) is 31.0 Å². The number of alkyl halides is 3. The van der Waals surface area contributed by atoms with E-state index in [0.29, 0.717) is 5.69 Å². The number of halogens is 4. The van der Waals surface area contributed by atoms with E-state index in [4.69, 9.17) is 0 Å². The van der Waals surface area contributed by atoms with Gasteiger partial charge in [0.15, 0.2) is 5.78 Å². The molecule has 0 saturated heterocycles. The van der Waals surface area contributed by atoms with Crippen molar-refractivity contribution in [3.8, 4) is 0 Å². The van der Waals surface area contributed by atoms with E-state index in [-0.39, 0.29) is 11.0 Å². The fourth-order valence-corrected chi connectivity index (χ4v) is 3.10. The Bertz CT molecular complexity index is 824. The van der Waals surface area contributed by atoms with Crippen LogP contribution in [0.2, 0.25) is 0 Å². The topological polar surface area (TPSA) is 30.0 Å². The highest BCUT2D eigenvalue weighted by atomic mass is 19.4. The minimum Gasteiger partial charge on any atom is -0.293 e. The van der Waals surface area contributed by atoms with Gasteiger partial charge in [-0.15, -0.1) is 0 Å². The predicted octanol–water partition coefficient (Wildman–Crippen LogP) is 5.28. The molecular weight excluding hydrogens is 334 g/mol. The van der Waals surface area contributed by atoms with Crippen molar-refractivity contribution in [2.24, 2.45) is 0 Å². The van der Waals surface area contributed by atoms with Gasteiger partial charge in [0.1, 0.15) is 5.82 Å². The number of nitrogens with zero attached hydrogens (tertiary/aromatic N) is 1. The van der Waals surface area contributed by atoms with Crippen LogP contribution in [0, 0.1) is 5.82 Å². The molecule has 1 unspecified atom stereocenters. The number of ketones is 1. The van der Waals surface area contributed by atoms with Crippen LogP contribution in [0.3, 0.4) is 0 Å². The number of carbonyl (C=O) groups excluding carboxylic acids is 1. The van der Waals surface area contributed by atoms with Crippen LogP contribution in [-0.4, -0.2) is 10.8 Å². The lowest BCUT2D eigenvalue weighted by molar-refractivity contribution is -0.138. The SMILES string of the molecule is CC(C(=O)c1cccnc1C1(C)CC1)c1c(F)cccc1C(F)(F)F. The maximum atomic E-state index is 14.2. The van der Waals surface area contributed by atoms with Gasteiger partial charge in [-0.2, -0.15) is 13.2 Å². The fourth-order valence-electron chi connectivity index (χ4n) is 3.10. The Kier molecular flexibility index (Phi) is 4.17. The molecule has 1 saturated carbocycles. The largest absolute Gasteiger partial charge is 0.416 e. The first-order valence-electron chi connectivity index (χ1n) is 8.00. The molecule has 1 atom stereocenters. The predicted molar refractivity (Wildman–Crippen MR) is 85.0 cm³/mol. The second-order valence-electron chi connectivity index (χ2n) is 6.74. The molecule has 1 aliphatic rings. The summed E-state index contributed by atoms with van der Waals surface area (Å²) in [7, 11) is 0. The number of aromatic nitrogens is 1. The summed E-state index contributed by atoms with van der Waals surface area (Å²) >= 11 is 0. The number of hydrogen-bond donors (Lipinski definition) is 0. The molecule has 1 fully saturated rings. The summed E-state index contributed by atoms with van der Waals surface area (Å²) in [6.45, 7) is 3.27. The van der Waals surface area contributed by atoms with Crippen molar-refractivity contribution in [3.05, 3.63) is 64.7 Å². The summed E-state index contributed by atoms with van der Waals surface area (Å²) in [5, 5.41) is 0. The van der Waals surface area contributed by atoms with Crippen LogP contribution in [0.25, 0.3) is 0 Å². The second kappa shape index (κ2) is 5.93. The molecule has 6 heteroatoms. The van der Waals surface area contributed by atoms with Crippen LogP contribution in [0.5, 0.6) is 0 Å². The Labute approximate surface area is 142 Å². The monoisotopic (exact) mass is 351 g/mol. The molecule has 0 N–H and O–H groups in total. The number of carbonyl (C=O) groups is 1. The summed E-state index contributed by atoms with van der Waals surface area (Å²) in [5.41, 5.74) is -1.11. The van der Waals surface area contributed by atoms with Gasteiger partial charge in [-0.1, -0.05) is 19.9 Å². The molecule has 0 aliphatic heterocycles. The molecule has 1 aromatic heterocycles. The number of benzene rings is 1. The molecule has 1 aromatic carbocycles. The Morgan fingerprint density at radius 3 is 2.48 bits per heavy atom. The number of rotatable bonds is 4. The Hall–Kier alpha value is -2.24. The number of pyridine rings is 1. The van der Waals surface area contributed by atoms with Gasteiger partial charge in [0.2, 0.25) is 0 Å². The summed E-state index contributed by atoms with van der Waals surface area (Å²) in [6, 6.07) is 5.87. The van der Waals surface area contributed by atoms with E-state index >= 15 is 0 Å². The van der Waals surface area contributed by atoms with Crippen LogP contribution in [-0.2, 0) is 11.6 Å². The van der Waals surface area contributed by atoms with Gasteiger partial charge in [-0.25, -0.2) is 4.39 Å². The standard InChI is InChI=1S/C19H17F4NO/c1-11(15-13(19(21,22)23)6-3-7-14(15)20)16(25)12-5-4-10-24-17(12)18(2)8-9-18/h3-7,10-11H,8-9H2,1-2H3. The molecule has 0 amide bonds. The molecule has 2 aromatic rings. The first-order valence-corrected chi connectivity index (χ1v) is 8.00. The minimum absolute atomic E-state index is 0.228. The molecule has 0 spiro atoms. The van der Waals surface area contributed by atoms with Crippen molar-refractivity contribution >= 4 is 5.78 Å². The van der Waals surface area contributed by atoms with Crippen molar-refractivity contribution in [2.75, 3.05) is 0 Å². The molecule has 1 heterocycles. The summed E-state index contributed by atoms with van der Waals surface area (Å²) in [6.07, 6.45) is -1.44. The van der Waals surface area contributed by atoms with E-state index in [1.807, 2.05) is 6.92 Å². The maximum Gasteiger partial charge on any atom is 0.416 e. The summed E-state index contributed by atoms with van der Waals surface area (Å²) in [5.74, 6) is -2.84. The highest BCUT2D eigenvalue weighted by molar-refractivity contribution is 6.02. The van der Waals surface area contributed by atoms with Gasteiger partial charge in [0, 0.05) is 28.7 Å². The molecule has 0 radical (unpaired) electrons. The van der Waals surface area contributed by atoms with Crippen LogP contribution in [0.4, 0.5) is 17.6 Å². The normalized spacial score (nSPS) is 17.2. The van der Waals surface area contributed by atoms with E-state index in [1.165, 1.54) is 6.92 Å². The van der Waals surface area contributed by atoms with E-state index in [9.17, 15) is 22.4 Å². The van der Waals surface area contributed by atoms with E-state index < -0.39 is 34.8 Å².